The van der Waals surface area contributed by atoms with Crippen molar-refractivity contribution in [3.8, 4) is 0 Å². The number of halogens is 4. The highest BCUT2D eigenvalue weighted by Crippen LogP contribution is 2.22. The van der Waals surface area contributed by atoms with Gasteiger partial charge in [-0.3, -0.25) is 0 Å². The predicted molar refractivity (Wildman–Crippen MR) is 61.3 cm³/mol. The van der Waals surface area contributed by atoms with Gasteiger partial charge >= 0.3 is 0 Å². The number of hydrogen-bond acceptors (Lipinski definition) is 2. The molecule has 1 aromatic heterocycles. The molecular formula is C9H10BrClF2N2. The molecule has 15 heavy (non-hydrogen) atoms. The Labute approximate surface area is 100 Å². The fourth-order valence-corrected chi connectivity index (χ4v) is 1.83. The summed E-state index contributed by atoms with van der Waals surface area (Å²) in [6, 6.07) is 3.30. The summed E-state index contributed by atoms with van der Waals surface area (Å²) in [5, 5.41) is 0.978. The van der Waals surface area contributed by atoms with E-state index in [9.17, 15) is 8.78 Å². The monoisotopic (exact) mass is 298 g/mol. The largest absolute Gasteiger partial charge is 0.349 e. The molecule has 0 amide bonds. The first-order chi connectivity index (χ1) is 7.15. The first kappa shape index (κ1) is 12.6. The second kappa shape index (κ2) is 6.23. The van der Waals surface area contributed by atoms with Gasteiger partial charge in [0.2, 0.25) is 0 Å². The van der Waals surface area contributed by atoms with E-state index in [1.807, 2.05) is 0 Å². The van der Waals surface area contributed by atoms with Crippen LogP contribution in [0, 0.1) is 0 Å². The van der Waals surface area contributed by atoms with Gasteiger partial charge in [-0.15, -0.1) is 0 Å². The summed E-state index contributed by atoms with van der Waals surface area (Å²) in [4.78, 5) is 5.45. The average Bonchev–Trinajstić information content (AvgIpc) is 2.17. The summed E-state index contributed by atoms with van der Waals surface area (Å²) in [7, 11) is 0. The van der Waals surface area contributed by atoms with E-state index in [4.69, 9.17) is 11.6 Å². The van der Waals surface area contributed by atoms with Gasteiger partial charge in [0, 0.05) is 18.1 Å². The van der Waals surface area contributed by atoms with Gasteiger partial charge < -0.3 is 4.90 Å². The molecule has 0 aliphatic rings. The molecule has 1 aromatic rings. The maximum atomic E-state index is 12.3. The summed E-state index contributed by atoms with van der Waals surface area (Å²) in [5.74, 6) is 0.402. The van der Waals surface area contributed by atoms with Crippen LogP contribution in [-0.2, 0) is 0 Å². The molecule has 1 rings (SSSR count). The summed E-state index contributed by atoms with van der Waals surface area (Å²) in [6.07, 6.45) is -0.865. The first-order valence-corrected chi connectivity index (χ1v) is 5.84. The minimum absolute atomic E-state index is 0.359. The highest BCUT2D eigenvalue weighted by atomic mass is 79.9. The molecule has 0 aliphatic carbocycles. The number of rotatable bonds is 5. The summed E-state index contributed by atoms with van der Waals surface area (Å²) < 4.78 is 24.6. The van der Waals surface area contributed by atoms with Crippen molar-refractivity contribution in [1.82, 2.24) is 4.98 Å². The highest BCUT2D eigenvalue weighted by molar-refractivity contribution is 9.09. The molecule has 84 valence electrons. The number of pyridine rings is 1. The highest BCUT2D eigenvalue weighted by Gasteiger charge is 2.15. The Hall–Kier alpha value is -0.420. The number of alkyl halides is 3. The standard InChI is InChI=1S/C9H10BrClF2N2/c10-3-5-15(6-8(12)13)9-7(11)2-1-4-14-9/h1-2,4,8H,3,5-6H2. The van der Waals surface area contributed by atoms with Crippen molar-refractivity contribution in [1.29, 1.82) is 0 Å². The van der Waals surface area contributed by atoms with E-state index in [1.54, 1.807) is 12.1 Å². The molecule has 0 aromatic carbocycles. The van der Waals surface area contributed by atoms with Crippen LogP contribution in [-0.4, -0.2) is 29.8 Å². The van der Waals surface area contributed by atoms with Crippen LogP contribution in [0.1, 0.15) is 0 Å². The molecule has 0 fully saturated rings. The molecule has 1 heterocycles. The molecule has 0 saturated heterocycles. The van der Waals surface area contributed by atoms with Crippen molar-refractivity contribution in [3.63, 3.8) is 0 Å². The third kappa shape index (κ3) is 3.91. The van der Waals surface area contributed by atoms with Gasteiger partial charge in [-0.05, 0) is 12.1 Å². The van der Waals surface area contributed by atoms with E-state index in [0.717, 1.165) is 0 Å². The Kier molecular flexibility index (Phi) is 5.25. The normalized spacial score (nSPS) is 10.7. The van der Waals surface area contributed by atoms with Gasteiger partial charge in [0.1, 0.15) is 5.82 Å². The molecule has 0 unspecified atom stereocenters. The van der Waals surface area contributed by atoms with Gasteiger partial charge in [0.25, 0.3) is 6.43 Å². The lowest BCUT2D eigenvalue weighted by atomic mass is 10.4. The molecule has 0 atom stereocenters. The number of anilines is 1. The molecule has 0 saturated carbocycles. The Bertz CT molecular complexity index is 312. The number of aromatic nitrogens is 1. The van der Waals surface area contributed by atoms with Crippen LogP contribution in [0.5, 0.6) is 0 Å². The molecule has 0 bridgehead atoms. The lowest BCUT2D eigenvalue weighted by Crippen LogP contribution is -2.31. The lowest BCUT2D eigenvalue weighted by molar-refractivity contribution is 0.155. The number of nitrogens with zero attached hydrogens (tertiary/aromatic N) is 2. The second-order valence-corrected chi connectivity index (χ2v) is 4.04. The van der Waals surface area contributed by atoms with Crippen LogP contribution in [0.15, 0.2) is 18.3 Å². The van der Waals surface area contributed by atoms with E-state index in [2.05, 4.69) is 20.9 Å². The van der Waals surface area contributed by atoms with E-state index in [1.165, 1.54) is 11.1 Å². The van der Waals surface area contributed by atoms with E-state index < -0.39 is 6.43 Å². The Balaban J connectivity index is 2.83. The minimum Gasteiger partial charge on any atom is -0.349 e. The Morgan fingerprint density at radius 3 is 2.80 bits per heavy atom. The predicted octanol–water partition coefficient (Wildman–Crippen LogP) is 3.20. The topological polar surface area (TPSA) is 16.1 Å². The zero-order valence-corrected chi connectivity index (χ0v) is 10.2. The second-order valence-electron chi connectivity index (χ2n) is 2.83. The summed E-state index contributed by atoms with van der Waals surface area (Å²) in [6.45, 7) is 0.0867. The minimum atomic E-state index is -2.40. The fraction of sp³-hybridized carbons (Fsp3) is 0.444. The lowest BCUT2D eigenvalue weighted by Gasteiger charge is -2.22. The van der Waals surface area contributed by atoms with Crippen LogP contribution in [0.4, 0.5) is 14.6 Å². The van der Waals surface area contributed by atoms with Crippen LogP contribution in [0.2, 0.25) is 5.02 Å². The Morgan fingerprint density at radius 2 is 2.27 bits per heavy atom. The molecule has 0 aliphatic heterocycles. The average molecular weight is 300 g/mol. The van der Waals surface area contributed by atoms with E-state index in [-0.39, 0.29) is 6.54 Å². The van der Waals surface area contributed by atoms with Crippen molar-refractivity contribution in [2.75, 3.05) is 23.3 Å². The molecular weight excluding hydrogens is 289 g/mol. The number of hydrogen-bond donors (Lipinski definition) is 0. The molecule has 0 spiro atoms. The van der Waals surface area contributed by atoms with E-state index in [0.29, 0.717) is 22.7 Å². The first-order valence-electron chi connectivity index (χ1n) is 4.34. The third-order valence-electron chi connectivity index (χ3n) is 1.75. The molecule has 2 nitrogen and oxygen atoms in total. The quantitative estimate of drug-likeness (QED) is 0.776. The molecule has 0 radical (unpaired) electrons. The van der Waals surface area contributed by atoms with Crippen molar-refractivity contribution in [2.24, 2.45) is 0 Å². The summed E-state index contributed by atoms with van der Waals surface area (Å²) in [5.41, 5.74) is 0. The zero-order chi connectivity index (χ0) is 11.3. The SMILES string of the molecule is FC(F)CN(CCBr)c1ncccc1Cl. The van der Waals surface area contributed by atoms with Crippen LogP contribution in [0.25, 0.3) is 0 Å². The van der Waals surface area contributed by atoms with Crippen molar-refractivity contribution >= 4 is 33.3 Å². The van der Waals surface area contributed by atoms with Gasteiger partial charge in [-0.1, -0.05) is 27.5 Å². The van der Waals surface area contributed by atoms with Crippen molar-refractivity contribution < 1.29 is 8.78 Å². The van der Waals surface area contributed by atoms with Crippen LogP contribution < -0.4 is 4.90 Å². The maximum absolute atomic E-state index is 12.3. The van der Waals surface area contributed by atoms with Gasteiger partial charge in [0.05, 0.1) is 11.6 Å². The summed E-state index contributed by atoms with van der Waals surface area (Å²) >= 11 is 9.08. The van der Waals surface area contributed by atoms with Gasteiger partial charge in [-0.2, -0.15) is 0 Å². The molecule has 0 N–H and O–H groups in total. The van der Waals surface area contributed by atoms with Gasteiger partial charge in [0.15, 0.2) is 0 Å². The zero-order valence-electron chi connectivity index (χ0n) is 7.84. The van der Waals surface area contributed by atoms with E-state index >= 15 is 0 Å². The molecule has 6 heteroatoms. The smallest absolute Gasteiger partial charge is 0.255 e. The Morgan fingerprint density at radius 1 is 1.53 bits per heavy atom. The van der Waals surface area contributed by atoms with Crippen molar-refractivity contribution in [2.45, 2.75) is 6.43 Å². The third-order valence-corrected chi connectivity index (χ3v) is 2.40. The van der Waals surface area contributed by atoms with Gasteiger partial charge in [-0.25, -0.2) is 13.8 Å². The van der Waals surface area contributed by atoms with Crippen LogP contribution in [0.3, 0.4) is 0 Å². The van der Waals surface area contributed by atoms with Crippen LogP contribution >= 0.6 is 27.5 Å². The maximum Gasteiger partial charge on any atom is 0.255 e. The van der Waals surface area contributed by atoms with Crippen molar-refractivity contribution in [3.05, 3.63) is 23.4 Å². The fourth-order valence-electron chi connectivity index (χ4n) is 1.16.